The molecule has 0 aliphatic carbocycles. The van der Waals surface area contributed by atoms with E-state index in [1.54, 1.807) is 0 Å². The van der Waals surface area contributed by atoms with Crippen LogP contribution < -0.4 is 22.0 Å². The third-order valence-corrected chi connectivity index (χ3v) is 49.2. The molecule has 25 heteroatoms. The first-order valence-corrected chi connectivity index (χ1v) is 48.5. The summed E-state index contributed by atoms with van der Waals surface area (Å²) in [6.45, 7) is 32.4. The zero-order valence-electron chi connectivity index (χ0n) is 63.2. The van der Waals surface area contributed by atoms with E-state index in [9.17, 15) is 16.5 Å². The van der Waals surface area contributed by atoms with Crippen LogP contribution in [-0.4, -0.2) is 107 Å². The number of amidine groups is 8. The fraction of sp³-hybridized carbons (Fsp3) is 0.238. The molecule has 12 aromatic rings. The summed E-state index contributed by atoms with van der Waals surface area (Å²) in [6.07, 6.45) is 0. The first-order chi connectivity index (χ1) is 52.6. The van der Waals surface area contributed by atoms with Gasteiger partial charge in [0.2, 0.25) is 0 Å². The molecule has 8 aromatic carbocycles. The van der Waals surface area contributed by atoms with Gasteiger partial charge in [-0.3, -0.25) is 16.9 Å². The van der Waals surface area contributed by atoms with Crippen molar-refractivity contribution in [2.24, 2.45) is 59.9 Å². The maximum atomic E-state index is 9.45. The standard InChI is InChI=1S/C84H80N16O4Si5/c1-47(2)106(48(3)4,49(5)6)103-108(97-77-61-39-23-24-40-62(61)79(97)91-71-55-33-17-18-34-56(55)72(86-71)92-80-64-42-26-25-41-63(64)78(98(80)108)90-70-54-32-16-15-31-53(54)69(85-70)89-77)101-105(13,14)102-109(104-107(50(7)8,51(9)10)52(11)12)99-81-65-43-27-28-44-66(65)83(99)95-75-59-37-21-22-38-60(59)76(88-75)96-84-68-46-30-29-45-67(68)82(100(84)109)94-74-58-36-20-19-35-57(58)73(87-74)93-81/h15-52H,1-14H3. The maximum Gasteiger partial charge on any atom is 0.583 e. The monoisotopic (exact) mass is 1520 g/mol. The number of fused-ring (bicyclic) bond motifs is 28. The highest BCUT2D eigenvalue weighted by Gasteiger charge is 2.67. The van der Waals surface area contributed by atoms with Gasteiger partial charge in [0.1, 0.15) is 45.2 Å². The zero-order valence-corrected chi connectivity index (χ0v) is 68.2. The van der Waals surface area contributed by atoms with E-state index in [4.69, 9.17) is 59.9 Å². The van der Waals surface area contributed by atoms with Crippen LogP contribution in [0.3, 0.4) is 0 Å². The van der Waals surface area contributed by atoms with E-state index in [1.165, 1.54) is 0 Å². The zero-order chi connectivity index (χ0) is 74.7. The first kappa shape index (κ1) is 67.7. The Bertz CT molecular complexity index is 5860. The summed E-state index contributed by atoms with van der Waals surface area (Å²) in [4.78, 5) is 70.0. The molecule has 0 amide bonds. The summed E-state index contributed by atoms with van der Waals surface area (Å²) >= 11 is 0. The van der Waals surface area contributed by atoms with Gasteiger partial charge < -0.3 is 16.5 Å². The largest absolute Gasteiger partial charge is 0.583 e. The van der Waals surface area contributed by atoms with Crippen LogP contribution in [-0.2, 0) is 16.5 Å². The lowest BCUT2D eigenvalue weighted by molar-refractivity contribution is 0.244. The van der Waals surface area contributed by atoms with Crippen molar-refractivity contribution in [1.29, 1.82) is 0 Å². The van der Waals surface area contributed by atoms with Crippen molar-refractivity contribution >= 4 is 156 Å². The van der Waals surface area contributed by atoms with Gasteiger partial charge in [-0.15, -0.1) is 0 Å². The van der Waals surface area contributed by atoms with Crippen LogP contribution in [0.5, 0.6) is 0 Å². The van der Waals surface area contributed by atoms with Crippen LogP contribution in [0.15, 0.2) is 254 Å². The molecule has 12 heterocycles. The summed E-state index contributed by atoms with van der Waals surface area (Å²) in [5.41, 5.74) is 8.56. The molecule has 8 aliphatic rings. The predicted octanol–water partition coefficient (Wildman–Crippen LogP) is 16.9. The van der Waals surface area contributed by atoms with Crippen LogP contribution in [0.2, 0.25) is 46.3 Å². The highest BCUT2D eigenvalue weighted by molar-refractivity contribution is 6.93. The van der Waals surface area contributed by atoms with E-state index in [0.29, 0.717) is 91.9 Å². The van der Waals surface area contributed by atoms with Crippen molar-refractivity contribution in [3.63, 3.8) is 0 Å². The number of aromatic nitrogens is 4. The van der Waals surface area contributed by atoms with Crippen molar-refractivity contribution in [3.8, 4) is 0 Å². The summed E-state index contributed by atoms with van der Waals surface area (Å²) in [7, 11) is -21.9. The van der Waals surface area contributed by atoms with Crippen molar-refractivity contribution < 1.29 is 16.5 Å². The average Bonchev–Trinajstić information content (AvgIpc) is 1.55. The molecule has 0 radical (unpaired) electrons. The molecule has 2 unspecified atom stereocenters. The number of hydrogen-bond acceptors (Lipinski definition) is 16. The summed E-state index contributed by atoms with van der Waals surface area (Å²) in [6, 6.07) is 66.6. The first-order valence-electron chi connectivity index (χ1n) is 38.0. The summed E-state index contributed by atoms with van der Waals surface area (Å²) in [5.74, 6) is 5.99. The van der Waals surface area contributed by atoms with Crippen LogP contribution in [0.1, 0.15) is 128 Å². The lowest BCUT2D eigenvalue weighted by Gasteiger charge is -2.52. The fourth-order valence-electron chi connectivity index (χ4n) is 19.1. The minimum atomic E-state index is -5.21. The molecule has 0 fully saturated rings. The number of aliphatic imine (C=N–C) groups is 8. The highest BCUT2D eigenvalue weighted by atomic mass is 28.5. The molecule has 20 rings (SSSR count). The molecular formula is C84H80N16O4Si5. The smallest absolute Gasteiger partial charge is 0.403 e. The molecule has 109 heavy (non-hydrogen) atoms. The molecule has 0 saturated heterocycles. The Labute approximate surface area is 635 Å². The summed E-state index contributed by atoms with van der Waals surface area (Å²) in [5, 5.41) is 6.39. The number of rotatable bonds is 14. The Kier molecular flexibility index (Phi) is 15.0. The SMILES string of the molecule is CC(C)[Si](O[Si]1(O[Si](C)(C)O[Si]2(O[Si](C(C)C)(C(C)C)C(C)C)n3c4c5ccccc5c3N=C3N=C(N=c5c6ccccc6c(n52)=NC2=NC(=N4)c4ccccc42)c2ccccc23)n2c3c4ccccc4c2N=C2N=C(N=c4c5ccccc5c(n41)=NC1=NC(=N3)c3ccccc31)c1ccccc12)(C(C)C)C(C)C. The molecule has 8 aliphatic heterocycles. The molecule has 540 valence electrons. The average molecular weight is 1520 g/mol. The topological polar surface area (TPSA) is 205 Å². The van der Waals surface area contributed by atoms with E-state index in [-0.39, 0.29) is 33.2 Å². The molecule has 20 nitrogen and oxygen atoms in total. The van der Waals surface area contributed by atoms with Gasteiger partial charge in [-0.25, -0.2) is 59.9 Å². The Morgan fingerprint density at radius 2 is 0.413 bits per heavy atom. The van der Waals surface area contributed by atoms with Gasteiger partial charge in [0, 0.05) is 87.6 Å². The van der Waals surface area contributed by atoms with Crippen LogP contribution in [0, 0.1) is 0 Å². The van der Waals surface area contributed by atoms with Gasteiger partial charge in [-0.05, 0) is 46.3 Å². The minimum absolute atomic E-state index is 0.0342. The van der Waals surface area contributed by atoms with E-state index < -0.39 is 43.0 Å². The Morgan fingerprint density at radius 1 is 0.229 bits per heavy atom. The second-order valence-corrected chi connectivity index (χ2v) is 52.2. The third kappa shape index (κ3) is 9.51. The third-order valence-electron chi connectivity index (χ3n) is 23.4. The molecule has 0 spiro atoms. The molecule has 12 bridgehead atoms. The predicted molar refractivity (Wildman–Crippen MR) is 446 cm³/mol. The minimum Gasteiger partial charge on any atom is -0.403 e. The van der Waals surface area contributed by atoms with Gasteiger partial charge in [0.25, 0.3) is 0 Å². The van der Waals surface area contributed by atoms with Crippen molar-refractivity contribution in [1.82, 2.24) is 16.9 Å². The summed E-state index contributed by atoms with van der Waals surface area (Å²) < 4.78 is 46.7. The van der Waals surface area contributed by atoms with E-state index in [2.05, 4.69) is 259 Å². The lowest BCUT2D eigenvalue weighted by atomic mass is 10.1. The molecule has 2 atom stereocenters. The molecular weight excluding hydrogens is 1440 g/mol. The van der Waals surface area contributed by atoms with Gasteiger partial charge >= 0.3 is 26.3 Å². The Hall–Kier alpha value is -10.6. The van der Waals surface area contributed by atoms with Crippen LogP contribution >= 0.6 is 0 Å². The number of benzene rings is 8. The van der Waals surface area contributed by atoms with E-state index >= 15 is 0 Å². The highest BCUT2D eigenvalue weighted by Crippen LogP contribution is 2.53. The molecule has 4 aromatic heterocycles. The number of hydrogen-bond donors (Lipinski definition) is 0. The van der Waals surface area contributed by atoms with Crippen LogP contribution in [0.25, 0.3) is 43.1 Å². The van der Waals surface area contributed by atoms with Gasteiger partial charge in [0.05, 0.1) is 0 Å². The van der Waals surface area contributed by atoms with Crippen molar-refractivity contribution in [2.75, 3.05) is 0 Å². The van der Waals surface area contributed by atoms with Crippen LogP contribution in [0.4, 0.5) is 23.3 Å². The molecule has 0 saturated carbocycles. The van der Waals surface area contributed by atoms with Gasteiger partial charge in [0.15, 0.2) is 63.3 Å². The second-order valence-electron chi connectivity index (χ2n) is 31.8. The normalized spacial score (nSPS) is 18.5. The lowest BCUT2D eigenvalue weighted by Crippen LogP contribution is -2.76. The fourth-order valence-corrected chi connectivity index (χ4v) is 50.0. The van der Waals surface area contributed by atoms with Gasteiger partial charge in [-0.1, -0.05) is 277 Å². The number of nitrogens with zero attached hydrogens (tertiary/aromatic N) is 16. The van der Waals surface area contributed by atoms with Crippen molar-refractivity contribution in [3.05, 3.63) is 261 Å². The van der Waals surface area contributed by atoms with E-state index in [0.717, 1.165) is 87.6 Å². The van der Waals surface area contributed by atoms with Crippen molar-refractivity contribution in [2.45, 2.75) is 129 Å². The van der Waals surface area contributed by atoms with E-state index in [1.807, 2.05) is 48.5 Å². The molecule has 0 N–H and O–H groups in total. The second kappa shape index (κ2) is 24.2. The maximum absolute atomic E-state index is 9.45. The Morgan fingerprint density at radius 3 is 0.615 bits per heavy atom. The Balaban J connectivity index is 1.01. The quantitative estimate of drug-likeness (QED) is 0.0974. The van der Waals surface area contributed by atoms with Gasteiger partial charge in [-0.2, -0.15) is 0 Å².